The highest BCUT2D eigenvalue weighted by molar-refractivity contribution is 6.30. The van der Waals surface area contributed by atoms with Crippen molar-refractivity contribution in [3.8, 4) is 11.5 Å². The lowest BCUT2D eigenvalue weighted by atomic mass is 10.2. The third-order valence-corrected chi connectivity index (χ3v) is 4.40. The van der Waals surface area contributed by atoms with Crippen molar-refractivity contribution in [2.45, 2.75) is 13.0 Å². The van der Waals surface area contributed by atoms with Gasteiger partial charge in [-0.1, -0.05) is 23.7 Å². The SMILES string of the molecule is C[C@@H](c1nnc(-c2cccc(Cl)c2)o1)[NH+](C)CC(=O)Nc1cccc(F)c1. The predicted octanol–water partition coefficient (Wildman–Crippen LogP) is 2.74. The minimum Gasteiger partial charge on any atom is -0.415 e. The van der Waals surface area contributed by atoms with E-state index in [1.165, 1.54) is 12.1 Å². The van der Waals surface area contributed by atoms with Crippen molar-refractivity contribution in [2.75, 3.05) is 18.9 Å². The summed E-state index contributed by atoms with van der Waals surface area (Å²) in [5.74, 6) is 0.151. The molecule has 1 unspecified atom stereocenters. The number of quaternary nitrogens is 1. The molecule has 0 spiro atoms. The molecule has 0 radical (unpaired) electrons. The van der Waals surface area contributed by atoms with Crippen LogP contribution in [0.2, 0.25) is 5.02 Å². The first-order valence-corrected chi connectivity index (χ1v) is 8.77. The van der Waals surface area contributed by atoms with Gasteiger partial charge in [0.1, 0.15) is 5.82 Å². The summed E-state index contributed by atoms with van der Waals surface area (Å²) >= 11 is 5.99. The molecular weight excluding hydrogens is 371 g/mol. The second-order valence-electron chi connectivity index (χ2n) is 6.26. The summed E-state index contributed by atoms with van der Waals surface area (Å²) in [6.45, 7) is 2.05. The number of carbonyl (C=O) groups excluding carboxylic acids is 1. The van der Waals surface area contributed by atoms with E-state index in [-0.39, 0.29) is 18.5 Å². The largest absolute Gasteiger partial charge is 0.415 e. The zero-order valence-corrected chi connectivity index (χ0v) is 15.6. The molecule has 2 aromatic carbocycles. The fourth-order valence-electron chi connectivity index (χ4n) is 2.54. The van der Waals surface area contributed by atoms with Crippen molar-refractivity contribution in [3.05, 3.63) is 65.3 Å². The van der Waals surface area contributed by atoms with Gasteiger partial charge in [0.05, 0.1) is 7.05 Å². The highest BCUT2D eigenvalue weighted by atomic mass is 35.5. The van der Waals surface area contributed by atoms with Crippen molar-refractivity contribution in [1.29, 1.82) is 0 Å². The number of anilines is 1. The number of amides is 1. The van der Waals surface area contributed by atoms with Crippen LogP contribution in [0.5, 0.6) is 0 Å². The van der Waals surface area contributed by atoms with Crippen LogP contribution < -0.4 is 10.2 Å². The molecule has 3 aromatic rings. The average molecular weight is 390 g/mol. The number of halogens is 2. The fourth-order valence-corrected chi connectivity index (χ4v) is 2.73. The summed E-state index contributed by atoms with van der Waals surface area (Å²) < 4.78 is 18.9. The highest BCUT2D eigenvalue weighted by Gasteiger charge is 2.24. The molecule has 8 heteroatoms. The molecule has 1 amide bonds. The smallest absolute Gasteiger partial charge is 0.279 e. The summed E-state index contributed by atoms with van der Waals surface area (Å²) in [4.78, 5) is 13.1. The number of benzene rings is 2. The number of hydrogen-bond donors (Lipinski definition) is 2. The molecule has 6 nitrogen and oxygen atoms in total. The second-order valence-corrected chi connectivity index (χ2v) is 6.70. The summed E-state index contributed by atoms with van der Waals surface area (Å²) in [5, 5.41) is 11.4. The van der Waals surface area contributed by atoms with E-state index < -0.39 is 5.82 Å². The lowest BCUT2D eigenvalue weighted by molar-refractivity contribution is -0.903. The first-order valence-electron chi connectivity index (χ1n) is 8.39. The Morgan fingerprint density at radius 3 is 2.78 bits per heavy atom. The van der Waals surface area contributed by atoms with E-state index in [0.717, 1.165) is 10.5 Å². The van der Waals surface area contributed by atoms with Crippen LogP contribution in [-0.2, 0) is 4.79 Å². The Labute approximate surface area is 161 Å². The molecule has 140 valence electrons. The van der Waals surface area contributed by atoms with Gasteiger partial charge in [-0.3, -0.25) is 4.79 Å². The van der Waals surface area contributed by atoms with Crippen molar-refractivity contribution >= 4 is 23.2 Å². The van der Waals surface area contributed by atoms with Crippen LogP contribution >= 0.6 is 11.6 Å². The van der Waals surface area contributed by atoms with Crippen LogP contribution in [0.25, 0.3) is 11.5 Å². The Morgan fingerprint density at radius 2 is 2.04 bits per heavy atom. The molecule has 0 aliphatic carbocycles. The van der Waals surface area contributed by atoms with Gasteiger partial charge in [-0.2, -0.15) is 0 Å². The predicted molar refractivity (Wildman–Crippen MR) is 99.9 cm³/mol. The maximum atomic E-state index is 13.2. The normalized spacial score (nSPS) is 13.2. The number of likely N-dealkylation sites (N-methyl/N-ethyl adjacent to an activating group) is 1. The van der Waals surface area contributed by atoms with Gasteiger partial charge in [0, 0.05) is 16.3 Å². The van der Waals surface area contributed by atoms with E-state index in [1.54, 1.807) is 30.3 Å². The number of rotatable bonds is 6. The van der Waals surface area contributed by atoms with Crippen molar-refractivity contribution in [1.82, 2.24) is 10.2 Å². The first-order chi connectivity index (χ1) is 12.9. The second kappa shape index (κ2) is 8.28. The van der Waals surface area contributed by atoms with Gasteiger partial charge < -0.3 is 14.6 Å². The maximum absolute atomic E-state index is 13.2. The van der Waals surface area contributed by atoms with Gasteiger partial charge in [0.15, 0.2) is 12.6 Å². The summed E-state index contributed by atoms with van der Waals surface area (Å²) in [6, 6.07) is 12.7. The van der Waals surface area contributed by atoms with Gasteiger partial charge in [-0.05, 0) is 43.3 Å². The van der Waals surface area contributed by atoms with Crippen LogP contribution in [-0.4, -0.2) is 29.7 Å². The zero-order chi connectivity index (χ0) is 19.4. The van der Waals surface area contributed by atoms with Crippen LogP contribution in [0.4, 0.5) is 10.1 Å². The number of hydrogen-bond acceptors (Lipinski definition) is 4. The average Bonchev–Trinajstić information content (AvgIpc) is 3.11. The van der Waals surface area contributed by atoms with Crippen LogP contribution in [0, 0.1) is 5.82 Å². The van der Waals surface area contributed by atoms with Gasteiger partial charge in [-0.15, -0.1) is 10.2 Å². The third-order valence-electron chi connectivity index (χ3n) is 4.17. The lowest BCUT2D eigenvalue weighted by Crippen LogP contribution is -3.10. The van der Waals surface area contributed by atoms with Crippen LogP contribution in [0.3, 0.4) is 0 Å². The van der Waals surface area contributed by atoms with E-state index >= 15 is 0 Å². The summed E-state index contributed by atoms with van der Waals surface area (Å²) in [7, 11) is 1.85. The monoisotopic (exact) mass is 389 g/mol. The quantitative estimate of drug-likeness (QED) is 0.680. The maximum Gasteiger partial charge on any atom is 0.279 e. The van der Waals surface area contributed by atoms with Crippen LogP contribution in [0.1, 0.15) is 18.9 Å². The number of nitrogens with one attached hydrogen (secondary N) is 2. The first kappa shape index (κ1) is 19.0. The van der Waals surface area contributed by atoms with Gasteiger partial charge in [-0.25, -0.2) is 4.39 Å². The molecule has 0 aliphatic rings. The Bertz CT molecular complexity index is 947. The minimum atomic E-state index is -0.402. The molecule has 1 aromatic heterocycles. The Hall–Kier alpha value is -2.77. The van der Waals surface area contributed by atoms with Crippen molar-refractivity contribution < 1.29 is 18.5 Å². The molecule has 0 aliphatic heterocycles. The molecular formula is C19H19ClFN4O2+. The molecule has 2 N–H and O–H groups in total. The van der Waals surface area contributed by atoms with E-state index in [1.807, 2.05) is 20.0 Å². The van der Waals surface area contributed by atoms with Gasteiger partial charge in [0.2, 0.25) is 5.89 Å². The Balaban J connectivity index is 1.63. The summed E-state index contributed by atoms with van der Waals surface area (Å²) in [6.07, 6.45) is 0. The molecule has 3 rings (SSSR count). The van der Waals surface area contributed by atoms with E-state index in [4.69, 9.17) is 16.0 Å². The topological polar surface area (TPSA) is 72.5 Å². The number of nitrogens with zero attached hydrogens (tertiary/aromatic N) is 2. The molecule has 1 heterocycles. The molecule has 27 heavy (non-hydrogen) atoms. The Morgan fingerprint density at radius 1 is 1.26 bits per heavy atom. The molecule has 0 saturated heterocycles. The van der Waals surface area contributed by atoms with Gasteiger partial charge >= 0.3 is 0 Å². The van der Waals surface area contributed by atoms with Crippen molar-refractivity contribution in [3.63, 3.8) is 0 Å². The Kier molecular flexibility index (Phi) is 5.83. The van der Waals surface area contributed by atoms with E-state index in [9.17, 15) is 9.18 Å². The van der Waals surface area contributed by atoms with Crippen LogP contribution in [0.15, 0.2) is 52.9 Å². The minimum absolute atomic E-state index is 0.159. The van der Waals surface area contributed by atoms with Gasteiger partial charge in [0.25, 0.3) is 11.8 Å². The van der Waals surface area contributed by atoms with Crippen molar-refractivity contribution in [2.24, 2.45) is 0 Å². The molecule has 0 bridgehead atoms. The van der Waals surface area contributed by atoms with E-state index in [2.05, 4.69) is 15.5 Å². The fraction of sp³-hybridized carbons (Fsp3) is 0.211. The molecule has 2 atom stereocenters. The number of aromatic nitrogens is 2. The van der Waals surface area contributed by atoms with E-state index in [0.29, 0.717) is 22.5 Å². The zero-order valence-electron chi connectivity index (χ0n) is 14.9. The molecule has 0 saturated carbocycles. The summed E-state index contributed by atoms with van der Waals surface area (Å²) in [5.41, 5.74) is 1.15. The lowest BCUT2D eigenvalue weighted by Gasteiger charge is -2.18. The highest BCUT2D eigenvalue weighted by Crippen LogP contribution is 2.22. The standard InChI is InChI=1S/C19H18ClFN4O2/c1-12(18-23-24-19(27-18)13-5-3-6-14(20)9-13)25(2)11-17(26)22-16-8-4-7-15(21)10-16/h3-10,12H,11H2,1-2H3,(H,22,26)/p+1/t12-/m0/s1. The molecule has 0 fully saturated rings. The third kappa shape index (κ3) is 4.90. The number of carbonyl (C=O) groups is 1.